The third-order valence-electron chi connectivity index (χ3n) is 4.78. The summed E-state index contributed by atoms with van der Waals surface area (Å²) in [6, 6.07) is 18.1. The van der Waals surface area contributed by atoms with Crippen molar-refractivity contribution in [2.75, 3.05) is 13.2 Å². The minimum Gasteiger partial charge on any atom is -0.494 e. The summed E-state index contributed by atoms with van der Waals surface area (Å²) in [6.07, 6.45) is 2.17. The molecule has 25 heavy (non-hydrogen) atoms. The fraction of sp³-hybridized carbons (Fsp3) is 0.286. The molecule has 3 aromatic rings. The molecular weight excluding hydrogens is 312 g/mol. The van der Waals surface area contributed by atoms with Crippen molar-refractivity contribution in [1.29, 1.82) is 0 Å². The highest BCUT2D eigenvalue weighted by molar-refractivity contribution is 5.86. The zero-order valence-electron chi connectivity index (χ0n) is 14.2. The van der Waals surface area contributed by atoms with Gasteiger partial charge in [-0.15, -0.1) is 0 Å². The zero-order valence-corrected chi connectivity index (χ0v) is 14.2. The van der Waals surface area contributed by atoms with Crippen molar-refractivity contribution >= 4 is 16.8 Å². The summed E-state index contributed by atoms with van der Waals surface area (Å²) in [5, 5.41) is 1.24. The van der Waals surface area contributed by atoms with E-state index in [1.54, 1.807) is 0 Å². The van der Waals surface area contributed by atoms with Crippen molar-refractivity contribution in [2.45, 2.75) is 25.8 Å². The molecule has 4 heteroatoms. The van der Waals surface area contributed by atoms with Crippen LogP contribution in [0.4, 0.5) is 0 Å². The van der Waals surface area contributed by atoms with Crippen molar-refractivity contribution in [1.82, 2.24) is 9.88 Å². The summed E-state index contributed by atoms with van der Waals surface area (Å²) in [5.41, 5.74) is 3.71. The van der Waals surface area contributed by atoms with E-state index in [0.717, 1.165) is 30.7 Å². The summed E-state index contributed by atoms with van der Waals surface area (Å²) in [7, 11) is 0. The van der Waals surface area contributed by atoms with Crippen LogP contribution in [0, 0.1) is 0 Å². The first-order valence-corrected chi connectivity index (χ1v) is 8.85. The number of hydrogen-bond acceptors (Lipinski definition) is 2. The lowest BCUT2D eigenvalue weighted by Gasteiger charge is -2.27. The van der Waals surface area contributed by atoms with Gasteiger partial charge in [0.1, 0.15) is 5.75 Å². The molecule has 128 valence electrons. The number of ether oxygens (including phenoxy) is 1. The molecule has 1 N–H and O–H groups in total. The van der Waals surface area contributed by atoms with Crippen molar-refractivity contribution in [2.24, 2.45) is 0 Å². The quantitative estimate of drug-likeness (QED) is 0.719. The predicted molar refractivity (Wildman–Crippen MR) is 98.6 cm³/mol. The van der Waals surface area contributed by atoms with Crippen molar-refractivity contribution in [3.05, 3.63) is 65.9 Å². The molecule has 1 aliphatic heterocycles. The molecule has 0 saturated carbocycles. The van der Waals surface area contributed by atoms with Gasteiger partial charge >= 0.3 is 0 Å². The molecule has 2 heterocycles. The highest BCUT2D eigenvalue weighted by Gasteiger charge is 2.23. The Bertz CT molecular complexity index is 870. The standard InChI is InChI=1S/C21H22N2O2/c24-21(11-6-14-25-16-7-2-1-3-8-16)23-13-12-20-18(15-23)17-9-4-5-10-19(17)22-20/h1-5,7-10,22H,6,11-15H2. The van der Waals surface area contributed by atoms with Gasteiger partial charge in [-0.3, -0.25) is 4.79 Å². The van der Waals surface area contributed by atoms with E-state index in [1.165, 1.54) is 16.6 Å². The van der Waals surface area contributed by atoms with Gasteiger partial charge in [-0.25, -0.2) is 0 Å². The summed E-state index contributed by atoms with van der Waals surface area (Å²) in [5.74, 6) is 1.07. The van der Waals surface area contributed by atoms with E-state index >= 15 is 0 Å². The van der Waals surface area contributed by atoms with Gasteiger partial charge in [0.05, 0.1) is 6.61 Å². The Hall–Kier alpha value is -2.75. The first-order valence-electron chi connectivity index (χ1n) is 8.85. The minimum atomic E-state index is 0.215. The number of hydrogen-bond donors (Lipinski definition) is 1. The van der Waals surface area contributed by atoms with Crippen LogP contribution < -0.4 is 4.74 Å². The van der Waals surface area contributed by atoms with E-state index in [1.807, 2.05) is 41.3 Å². The number of para-hydroxylation sites is 2. The van der Waals surface area contributed by atoms with E-state index in [2.05, 4.69) is 23.2 Å². The van der Waals surface area contributed by atoms with Crippen LogP contribution >= 0.6 is 0 Å². The summed E-state index contributed by atoms with van der Waals surface area (Å²) in [6.45, 7) is 2.07. The number of aromatic amines is 1. The van der Waals surface area contributed by atoms with Gasteiger partial charge in [0, 0.05) is 48.1 Å². The second-order valence-electron chi connectivity index (χ2n) is 6.46. The normalized spacial score (nSPS) is 13.7. The molecule has 0 atom stereocenters. The lowest BCUT2D eigenvalue weighted by molar-refractivity contribution is -0.132. The number of nitrogens with zero attached hydrogens (tertiary/aromatic N) is 1. The molecule has 0 radical (unpaired) electrons. The molecule has 4 rings (SSSR count). The van der Waals surface area contributed by atoms with Crippen molar-refractivity contribution in [3.63, 3.8) is 0 Å². The summed E-state index contributed by atoms with van der Waals surface area (Å²) in [4.78, 5) is 18.0. The molecule has 1 amide bonds. The number of nitrogens with one attached hydrogen (secondary N) is 1. The summed E-state index contributed by atoms with van der Waals surface area (Å²) >= 11 is 0. The molecule has 0 saturated heterocycles. The minimum absolute atomic E-state index is 0.215. The Kier molecular flexibility index (Phi) is 4.42. The summed E-state index contributed by atoms with van der Waals surface area (Å²) < 4.78 is 5.67. The van der Waals surface area contributed by atoms with E-state index in [-0.39, 0.29) is 5.91 Å². The highest BCUT2D eigenvalue weighted by Crippen LogP contribution is 2.27. The van der Waals surface area contributed by atoms with E-state index in [0.29, 0.717) is 19.6 Å². The molecule has 4 nitrogen and oxygen atoms in total. The van der Waals surface area contributed by atoms with Crippen LogP contribution in [0.25, 0.3) is 10.9 Å². The van der Waals surface area contributed by atoms with Gasteiger partial charge in [-0.1, -0.05) is 36.4 Å². The topological polar surface area (TPSA) is 45.3 Å². The molecule has 1 aromatic heterocycles. The number of benzene rings is 2. The van der Waals surface area contributed by atoms with Crippen LogP contribution in [0.5, 0.6) is 5.75 Å². The van der Waals surface area contributed by atoms with Crippen LogP contribution in [0.2, 0.25) is 0 Å². The molecule has 0 unspecified atom stereocenters. The molecule has 1 aliphatic rings. The average Bonchev–Trinajstić information content (AvgIpc) is 3.04. The van der Waals surface area contributed by atoms with Gasteiger partial charge in [0.25, 0.3) is 0 Å². The number of H-pyrrole nitrogens is 1. The monoisotopic (exact) mass is 334 g/mol. The van der Waals surface area contributed by atoms with Crippen molar-refractivity contribution < 1.29 is 9.53 Å². The fourth-order valence-corrected chi connectivity index (χ4v) is 3.47. The molecule has 0 bridgehead atoms. The number of fused-ring (bicyclic) bond motifs is 3. The van der Waals surface area contributed by atoms with Crippen LogP contribution in [0.1, 0.15) is 24.1 Å². The van der Waals surface area contributed by atoms with Gasteiger partial charge in [0.15, 0.2) is 0 Å². The van der Waals surface area contributed by atoms with Crippen LogP contribution in [-0.2, 0) is 17.8 Å². The second-order valence-corrected chi connectivity index (χ2v) is 6.46. The van der Waals surface area contributed by atoms with Crippen LogP contribution in [0.15, 0.2) is 54.6 Å². The van der Waals surface area contributed by atoms with Gasteiger partial charge in [-0.05, 0) is 24.6 Å². The zero-order chi connectivity index (χ0) is 17.1. The molecule has 2 aromatic carbocycles. The first-order chi connectivity index (χ1) is 12.3. The Labute approximate surface area is 147 Å². The molecule has 0 fully saturated rings. The Balaban J connectivity index is 1.33. The Morgan fingerprint density at radius 1 is 1.08 bits per heavy atom. The predicted octanol–water partition coefficient (Wildman–Crippen LogP) is 3.91. The highest BCUT2D eigenvalue weighted by atomic mass is 16.5. The van der Waals surface area contributed by atoms with Crippen LogP contribution in [0.3, 0.4) is 0 Å². The largest absolute Gasteiger partial charge is 0.494 e. The molecule has 0 aliphatic carbocycles. The molecular formula is C21H22N2O2. The van der Waals surface area contributed by atoms with Crippen molar-refractivity contribution in [3.8, 4) is 5.75 Å². The first kappa shape index (κ1) is 15.8. The maximum Gasteiger partial charge on any atom is 0.223 e. The maximum atomic E-state index is 12.5. The van der Waals surface area contributed by atoms with E-state index < -0.39 is 0 Å². The van der Waals surface area contributed by atoms with Crippen LogP contribution in [-0.4, -0.2) is 28.9 Å². The molecule has 0 spiro atoms. The lowest BCUT2D eigenvalue weighted by Crippen LogP contribution is -2.35. The average molecular weight is 334 g/mol. The SMILES string of the molecule is O=C(CCCOc1ccccc1)N1CCc2[nH]c3ccccc3c2C1. The fourth-order valence-electron chi connectivity index (χ4n) is 3.47. The Morgan fingerprint density at radius 3 is 2.76 bits per heavy atom. The van der Waals surface area contributed by atoms with Gasteiger partial charge < -0.3 is 14.6 Å². The number of aromatic nitrogens is 1. The van der Waals surface area contributed by atoms with Gasteiger partial charge in [-0.2, -0.15) is 0 Å². The maximum absolute atomic E-state index is 12.5. The number of carbonyl (C=O) groups excluding carboxylic acids is 1. The number of amides is 1. The van der Waals surface area contributed by atoms with E-state index in [4.69, 9.17) is 4.74 Å². The van der Waals surface area contributed by atoms with Gasteiger partial charge in [0.2, 0.25) is 5.91 Å². The smallest absolute Gasteiger partial charge is 0.223 e. The number of carbonyl (C=O) groups is 1. The second kappa shape index (κ2) is 7.01. The lowest BCUT2D eigenvalue weighted by atomic mass is 10.0. The van der Waals surface area contributed by atoms with E-state index in [9.17, 15) is 4.79 Å². The third-order valence-corrected chi connectivity index (χ3v) is 4.78. The number of rotatable bonds is 5. The third kappa shape index (κ3) is 3.38. The Morgan fingerprint density at radius 2 is 1.88 bits per heavy atom.